The fourth-order valence-electron chi connectivity index (χ4n) is 2.53. The Morgan fingerprint density at radius 2 is 1.85 bits per heavy atom. The van der Waals surface area contributed by atoms with Crippen LogP contribution in [0.25, 0.3) is 12.2 Å². The molecule has 2 N–H and O–H groups in total. The SMILES string of the molecule is O=C(O)CNc1cccc2c1C=Cc1ccccc1C2. The van der Waals surface area contributed by atoms with Gasteiger partial charge in [-0.1, -0.05) is 48.6 Å². The monoisotopic (exact) mass is 265 g/mol. The smallest absolute Gasteiger partial charge is 0.322 e. The molecule has 0 unspecified atom stereocenters. The van der Waals surface area contributed by atoms with Gasteiger partial charge in [-0.15, -0.1) is 0 Å². The molecule has 3 heteroatoms. The summed E-state index contributed by atoms with van der Waals surface area (Å²) in [5, 5.41) is 11.8. The molecule has 3 rings (SSSR count). The Kier molecular flexibility index (Phi) is 3.25. The summed E-state index contributed by atoms with van der Waals surface area (Å²) in [5.41, 5.74) is 5.66. The number of benzene rings is 2. The minimum Gasteiger partial charge on any atom is -0.480 e. The molecule has 0 fully saturated rings. The van der Waals surface area contributed by atoms with Crippen molar-refractivity contribution >= 4 is 23.8 Å². The Bertz CT molecular complexity index is 689. The molecule has 20 heavy (non-hydrogen) atoms. The third kappa shape index (κ3) is 2.43. The number of rotatable bonds is 3. The molecule has 2 aromatic carbocycles. The summed E-state index contributed by atoms with van der Waals surface area (Å²) in [6.07, 6.45) is 5.01. The van der Waals surface area contributed by atoms with Gasteiger partial charge in [-0.05, 0) is 29.2 Å². The first-order chi connectivity index (χ1) is 9.74. The zero-order chi connectivity index (χ0) is 13.9. The second kappa shape index (κ2) is 5.21. The van der Waals surface area contributed by atoms with E-state index in [0.29, 0.717) is 0 Å². The molecule has 3 nitrogen and oxygen atoms in total. The van der Waals surface area contributed by atoms with Crippen molar-refractivity contribution in [3.05, 3.63) is 64.7 Å². The lowest BCUT2D eigenvalue weighted by Crippen LogP contribution is -2.13. The second-order valence-corrected chi connectivity index (χ2v) is 4.83. The van der Waals surface area contributed by atoms with Gasteiger partial charge < -0.3 is 10.4 Å². The average molecular weight is 265 g/mol. The largest absolute Gasteiger partial charge is 0.480 e. The van der Waals surface area contributed by atoms with Crippen LogP contribution in [0.4, 0.5) is 5.69 Å². The van der Waals surface area contributed by atoms with Crippen LogP contribution in [-0.4, -0.2) is 17.6 Å². The van der Waals surface area contributed by atoms with E-state index in [9.17, 15) is 4.79 Å². The molecule has 0 spiro atoms. The minimum absolute atomic E-state index is 0.0722. The number of aliphatic carboxylic acids is 1. The zero-order valence-electron chi connectivity index (χ0n) is 11.0. The topological polar surface area (TPSA) is 49.3 Å². The second-order valence-electron chi connectivity index (χ2n) is 4.83. The molecule has 0 saturated carbocycles. The summed E-state index contributed by atoms with van der Waals surface area (Å²) in [5.74, 6) is -0.858. The molecule has 0 amide bonds. The molecule has 0 radical (unpaired) electrons. The number of hydrogen-bond donors (Lipinski definition) is 2. The quantitative estimate of drug-likeness (QED) is 0.764. The standard InChI is InChI=1S/C17H15NO2/c19-17(20)11-18-16-7-3-6-14-10-13-5-2-1-4-12(13)8-9-15(14)16/h1-9,18H,10-11H2,(H,19,20). The lowest BCUT2D eigenvalue weighted by molar-refractivity contribution is -0.134. The van der Waals surface area contributed by atoms with Gasteiger partial charge in [-0.2, -0.15) is 0 Å². The predicted molar refractivity (Wildman–Crippen MR) is 80.7 cm³/mol. The molecule has 2 aromatic rings. The van der Waals surface area contributed by atoms with Gasteiger partial charge in [0.25, 0.3) is 0 Å². The highest BCUT2D eigenvalue weighted by Gasteiger charge is 2.12. The van der Waals surface area contributed by atoms with Gasteiger partial charge in [-0.3, -0.25) is 4.79 Å². The van der Waals surface area contributed by atoms with Crippen LogP contribution in [0.3, 0.4) is 0 Å². The molecular weight excluding hydrogens is 250 g/mol. The van der Waals surface area contributed by atoms with Crippen molar-refractivity contribution in [3.63, 3.8) is 0 Å². The van der Waals surface area contributed by atoms with E-state index in [1.165, 1.54) is 16.7 Å². The lowest BCUT2D eigenvalue weighted by atomic mass is 9.99. The van der Waals surface area contributed by atoms with Crippen LogP contribution in [-0.2, 0) is 11.2 Å². The number of nitrogens with one attached hydrogen (secondary N) is 1. The Balaban J connectivity index is 2.00. The van der Waals surface area contributed by atoms with E-state index in [-0.39, 0.29) is 6.54 Å². The van der Waals surface area contributed by atoms with E-state index in [1.54, 1.807) is 0 Å². The van der Waals surface area contributed by atoms with E-state index < -0.39 is 5.97 Å². The number of carbonyl (C=O) groups is 1. The lowest BCUT2D eigenvalue weighted by Gasteiger charge is -2.11. The predicted octanol–water partition coefficient (Wildman–Crippen LogP) is 3.26. The summed E-state index contributed by atoms with van der Waals surface area (Å²) in [6.45, 7) is -0.0722. The van der Waals surface area contributed by atoms with Crippen molar-refractivity contribution in [2.75, 3.05) is 11.9 Å². The first kappa shape index (κ1) is 12.5. The van der Waals surface area contributed by atoms with Gasteiger partial charge in [0, 0.05) is 11.3 Å². The number of anilines is 1. The van der Waals surface area contributed by atoms with Gasteiger partial charge in [0.1, 0.15) is 6.54 Å². The fourth-order valence-corrected chi connectivity index (χ4v) is 2.53. The van der Waals surface area contributed by atoms with E-state index in [0.717, 1.165) is 17.7 Å². The highest BCUT2D eigenvalue weighted by molar-refractivity contribution is 5.83. The molecule has 0 saturated heterocycles. The van der Waals surface area contributed by atoms with Crippen molar-refractivity contribution in [2.45, 2.75) is 6.42 Å². The van der Waals surface area contributed by atoms with Gasteiger partial charge in [0.05, 0.1) is 0 Å². The van der Waals surface area contributed by atoms with E-state index >= 15 is 0 Å². The average Bonchev–Trinajstić information content (AvgIpc) is 2.64. The van der Waals surface area contributed by atoms with Crippen LogP contribution in [0.5, 0.6) is 0 Å². The number of fused-ring (bicyclic) bond motifs is 2. The van der Waals surface area contributed by atoms with Crippen LogP contribution in [0.2, 0.25) is 0 Å². The Labute approximate surface area is 117 Å². The third-order valence-electron chi connectivity index (χ3n) is 3.49. The summed E-state index contributed by atoms with van der Waals surface area (Å²) in [6, 6.07) is 14.3. The molecule has 0 atom stereocenters. The van der Waals surface area contributed by atoms with E-state index in [4.69, 9.17) is 5.11 Å². The van der Waals surface area contributed by atoms with Crippen molar-refractivity contribution in [2.24, 2.45) is 0 Å². The number of hydrogen-bond acceptors (Lipinski definition) is 2. The van der Waals surface area contributed by atoms with Gasteiger partial charge >= 0.3 is 5.97 Å². The molecule has 100 valence electrons. The molecule has 0 aromatic heterocycles. The summed E-state index contributed by atoms with van der Waals surface area (Å²) in [4.78, 5) is 10.7. The normalized spacial score (nSPS) is 12.2. The van der Waals surface area contributed by atoms with Crippen LogP contribution in [0.1, 0.15) is 22.3 Å². The first-order valence-electron chi connectivity index (χ1n) is 6.57. The maximum atomic E-state index is 10.7. The Hall–Kier alpha value is -2.55. The summed E-state index contributed by atoms with van der Waals surface area (Å²) >= 11 is 0. The number of carboxylic acid groups (broad SMARTS) is 1. The molecular formula is C17H15NO2. The first-order valence-corrected chi connectivity index (χ1v) is 6.57. The Morgan fingerprint density at radius 1 is 1.05 bits per heavy atom. The maximum absolute atomic E-state index is 10.7. The van der Waals surface area contributed by atoms with Crippen LogP contribution in [0.15, 0.2) is 42.5 Å². The van der Waals surface area contributed by atoms with Crippen LogP contribution < -0.4 is 5.32 Å². The zero-order valence-corrected chi connectivity index (χ0v) is 11.0. The van der Waals surface area contributed by atoms with Gasteiger partial charge in [0.15, 0.2) is 0 Å². The highest BCUT2D eigenvalue weighted by Crippen LogP contribution is 2.29. The summed E-state index contributed by atoms with van der Waals surface area (Å²) < 4.78 is 0. The van der Waals surface area contributed by atoms with Crippen molar-refractivity contribution in [1.82, 2.24) is 0 Å². The summed E-state index contributed by atoms with van der Waals surface area (Å²) in [7, 11) is 0. The van der Waals surface area contributed by atoms with Gasteiger partial charge in [-0.25, -0.2) is 0 Å². The van der Waals surface area contributed by atoms with Gasteiger partial charge in [0.2, 0.25) is 0 Å². The molecule has 1 aliphatic rings. The minimum atomic E-state index is -0.858. The molecule has 0 bridgehead atoms. The van der Waals surface area contributed by atoms with E-state index in [1.807, 2.05) is 24.3 Å². The highest BCUT2D eigenvalue weighted by atomic mass is 16.4. The molecule has 0 aliphatic heterocycles. The third-order valence-corrected chi connectivity index (χ3v) is 3.49. The van der Waals surface area contributed by atoms with Crippen LogP contribution >= 0.6 is 0 Å². The van der Waals surface area contributed by atoms with Crippen molar-refractivity contribution in [1.29, 1.82) is 0 Å². The van der Waals surface area contributed by atoms with Crippen LogP contribution in [0, 0.1) is 0 Å². The van der Waals surface area contributed by atoms with Crippen molar-refractivity contribution < 1.29 is 9.90 Å². The molecule has 0 heterocycles. The molecule has 1 aliphatic carbocycles. The fraction of sp³-hybridized carbons (Fsp3) is 0.118. The maximum Gasteiger partial charge on any atom is 0.322 e. The Morgan fingerprint density at radius 3 is 2.70 bits per heavy atom. The number of carboxylic acids is 1. The van der Waals surface area contributed by atoms with E-state index in [2.05, 4.69) is 35.7 Å². The van der Waals surface area contributed by atoms with Crippen molar-refractivity contribution in [3.8, 4) is 0 Å².